The van der Waals surface area contributed by atoms with E-state index in [9.17, 15) is 13.2 Å². The Morgan fingerprint density at radius 3 is 2.48 bits per heavy atom. The van der Waals surface area contributed by atoms with Gasteiger partial charge in [-0.05, 0) is 49.4 Å². The molecule has 0 spiro atoms. The number of hydrogen-bond donors (Lipinski definition) is 1. The molecule has 1 N–H and O–H groups in total. The van der Waals surface area contributed by atoms with Crippen LogP contribution >= 0.6 is 11.3 Å². The van der Waals surface area contributed by atoms with Crippen LogP contribution in [-0.2, 0) is 16.4 Å². The molecule has 1 aromatic carbocycles. The van der Waals surface area contributed by atoms with E-state index in [1.54, 1.807) is 12.1 Å². The van der Waals surface area contributed by atoms with Crippen molar-refractivity contribution in [3.05, 3.63) is 34.8 Å². The first kappa shape index (κ1) is 19.9. The van der Waals surface area contributed by atoms with E-state index in [1.165, 1.54) is 27.8 Å². The van der Waals surface area contributed by atoms with Gasteiger partial charge in [0.05, 0.1) is 11.4 Å². The van der Waals surface area contributed by atoms with Gasteiger partial charge in [0.15, 0.2) is 5.78 Å². The van der Waals surface area contributed by atoms with Crippen LogP contribution in [0.15, 0.2) is 29.2 Å². The summed E-state index contributed by atoms with van der Waals surface area (Å²) in [7, 11) is -3.49. The summed E-state index contributed by atoms with van der Waals surface area (Å²) in [4.78, 5) is 12.6. The minimum absolute atomic E-state index is 0.0917. The van der Waals surface area contributed by atoms with Crippen LogP contribution in [0.2, 0.25) is 0 Å². The quantitative estimate of drug-likeness (QED) is 0.708. The molecule has 0 atom stereocenters. The Morgan fingerprint density at radius 1 is 1.22 bits per heavy atom. The maximum absolute atomic E-state index is 12.7. The lowest BCUT2D eigenvalue weighted by atomic mass is 10.0. The number of ketones is 1. The monoisotopic (exact) mass is 408 g/mol. The summed E-state index contributed by atoms with van der Waals surface area (Å²) in [5.74, 6) is 0.435. The first-order valence-corrected chi connectivity index (χ1v) is 11.4. The largest absolute Gasteiger partial charge is 0.353 e. The molecule has 27 heavy (non-hydrogen) atoms. The molecule has 2 aromatic rings. The number of aryl methyl sites for hydroxylation is 1. The van der Waals surface area contributed by atoms with Crippen LogP contribution in [0.3, 0.4) is 0 Å². The van der Waals surface area contributed by atoms with Crippen molar-refractivity contribution in [2.75, 3.05) is 25.0 Å². The second kappa shape index (κ2) is 8.45. The van der Waals surface area contributed by atoms with Gasteiger partial charge in [0.2, 0.25) is 15.2 Å². The number of carbonyl (C=O) groups is 1. The van der Waals surface area contributed by atoms with Gasteiger partial charge in [-0.3, -0.25) is 4.79 Å². The molecule has 1 fully saturated rings. The van der Waals surface area contributed by atoms with Crippen LogP contribution in [-0.4, -0.2) is 48.3 Å². The highest BCUT2D eigenvalue weighted by Gasteiger charge is 2.28. The Kier molecular flexibility index (Phi) is 6.23. The van der Waals surface area contributed by atoms with Gasteiger partial charge in [-0.2, -0.15) is 4.31 Å². The molecule has 0 bridgehead atoms. The first-order valence-electron chi connectivity index (χ1n) is 9.10. The molecule has 0 unspecified atom stereocenters. The minimum Gasteiger partial charge on any atom is -0.353 e. The molecule has 0 amide bonds. The third kappa shape index (κ3) is 4.72. The van der Waals surface area contributed by atoms with Gasteiger partial charge >= 0.3 is 0 Å². The molecule has 1 saturated heterocycles. The van der Waals surface area contributed by atoms with Crippen LogP contribution in [0.4, 0.5) is 5.13 Å². The van der Waals surface area contributed by atoms with Crippen molar-refractivity contribution in [1.82, 2.24) is 14.5 Å². The molecule has 1 aliphatic rings. The average molecular weight is 409 g/mol. The molecular weight excluding hydrogens is 384 g/mol. The maximum atomic E-state index is 12.7. The number of carbonyl (C=O) groups excluding carboxylic acids is 1. The Bertz CT molecular complexity index is 886. The predicted molar refractivity (Wildman–Crippen MR) is 106 cm³/mol. The standard InChI is InChI=1S/C18H24N4O3S2/c1-3-17-20-21-18(26-17)19-12-16(23)14-4-6-15(7-5-14)27(24,25)22-10-8-13(2)9-11-22/h4-7,13H,3,8-12H2,1-2H3,(H,19,21). The Hall–Kier alpha value is -1.84. The number of nitrogens with one attached hydrogen (secondary N) is 1. The molecular formula is C18H24N4O3S2. The summed E-state index contributed by atoms with van der Waals surface area (Å²) in [5, 5.41) is 12.5. The summed E-state index contributed by atoms with van der Waals surface area (Å²) in [5.41, 5.74) is 0.467. The van der Waals surface area contributed by atoms with E-state index in [2.05, 4.69) is 22.4 Å². The van der Waals surface area contributed by atoms with Gasteiger partial charge in [-0.1, -0.05) is 25.2 Å². The predicted octanol–water partition coefficient (Wildman–Crippen LogP) is 2.82. The number of rotatable bonds is 7. The topological polar surface area (TPSA) is 92.3 Å². The van der Waals surface area contributed by atoms with E-state index < -0.39 is 10.0 Å². The van der Waals surface area contributed by atoms with Gasteiger partial charge in [0.1, 0.15) is 5.01 Å². The number of nitrogens with zero attached hydrogens (tertiary/aromatic N) is 3. The lowest BCUT2D eigenvalue weighted by Crippen LogP contribution is -2.37. The van der Waals surface area contributed by atoms with Gasteiger partial charge in [-0.25, -0.2) is 8.42 Å². The zero-order chi connectivity index (χ0) is 19.4. The Labute approximate surface area is 163 Å². The van der Waals surface area contributed by atoms with E-state index in [1.807, 2.05) is 6.92 Å². The van der Waals surface area contributed by atoms with Gasteiger partial charge in [0.25, 0.3) is 0 Å². The molecule has 7 nitrogen and oxygen atoms in total. The average Bonchev–Trinajstić information content (AvgIpc) is 3.15. The summed E-state index contributed by atoms with van der Waals surface area (Å²) < 4.78 is 27.0. The summed E-state index contributed by atoms with van der Waals surface area (Å²) in [6.45, 7) is 5.33. The molecule has 0 radical (unpaired) electrons. The minimum atomic E-state index is -3.49. The summed E-state index contributed by atoms with van der Waals surface area (Å²) in [6, 6.07) is 6.17. The number of piperidine rings is 1. The van der Waals surface area contributed by atoms with E-state index in [0.717, 1.165) is 24.3 Å². The van der Waals surface area contributed by atoms with Crippen molar-refractivity contribution < 1.29 is 13.2 Å². The Balaban J connectivity index is 1.62. The van der Waals surface area contributed by atoms with Crippen LogP contribution < -0.4 is 5.32 Å². The highest BCUT2D eigenvalue weighted by molar-refractivity contribution is 7.89. The Morgan fingerprint density at radius 2 is 1.89 bits per heavy atom. The second-order valence-electron chi connectivity index (χ2n) is 6.74. The number of benzene rings is 1. The maximum Gasteiger partial charge on any atom is 0.243 e. The van der Waals surface area contributed by atoms with E-state index in [-0.39, 0.29) is 17.2 Å². The number of anilines is 1. The molecule has 146 valence electrons. The van der Waals surface area contributed by atoms with Crippen molar-refractivity contribution in [1.29, 1.82) is 0 Å². The van der Waals surface area contributed by atoms with E-state index in [0.29, 0.717) is 29.7 Å². The third-order valence-electron chi connectivity index (χ3n) is 4.73. The molecule has 0 saturated carbocycles. The summed E-state index contributed by atoms with van der Waals surface area (Å²) in [6.07, 6.45) is 2.57. The summed E-state index contributed by atoms with van der Waals surface area (Å²) >= 11 is 1.42. The number of hydrogen-bond acceptors (Lipinski definition) is 7. The highest BCUT2D eigenvalue weighted by Crippen LogP contribution is 2.23. The van der Waals surface area contributed by atoms with Gasteiger partial charge < -0.3 is 5.32 Å². The molecule has 1 aliphatic heterocycles. The van der Waals surface area contributed by atoms with Crippen molar-refractivity contribution in [3.63, 3.8) is 0 Å². The van der Waals surface area contributed by atoms with E-state index in [4.69, 9.17) is 0 Å². The van der Waals surface area contributed by atoms with Crippen LogP contribution in [0.25, 0.3) is 0 Å². The normalized spacial score (nSPS) is 16.4. The lowest BCUT2D eigenvalue weighted by Gasteiger charge is -2.29. The van der Waals surface area contributed by atoms with Crippen molar-refractivity contribution in [2.45, 2.75) is 38.0 Å². The van der Waals surface area contributed by atoms with Crippen LogP contribution in [0.1, 0.15) is 42.1 Å². The number of Topliss-reactive ketones (excluding diaryl/α,β-unsaturated/α-hetero) is 1. The van der Waals surface area contributed by atoms with Crippen molar-refractivity contribution in [3.8, 4) is 0 Å². The highest BCUT2D eigenvalue weighted by atomic mass is 32.2. The molecule has 9 heteroatoms. The van der Waals surface area contributed by atoms with Crippen LogP contribution in [0.5, 0.6) is 0 Å². The lowest BCUT2D eigenvalue weighted by molar-refractivity contribution is 0.101. The fraction of sp³-hybridized carbons (Fsp3) is 0.500. The SMILES string of the molecule is CCc1nnc(NCC(=O)c2ccc(S(=O)(=O)N3CCC(C)CC3)cc2)s1. The number of aromatic nitrogens is 2. The van der Waals surface area contributed by atoms with Gasteiger partial charge in [-0.15, -0.1) is 10.2 Å². The molecule has 2 heterocycles. The fourth-order valence-electron chi connectivity index (χ4n) is 2.91. The van der Waals surface area contributed by atoms with E-state index >= 15 is 0 Å². The van der Waals surface area contributed by atoms with Crippen molar-refractivity contribution in [2.24, 2.45) is 5.92 Å². The van der Waals surface area contributed by atoms with Gasteiger partial charge in [0, 0.05) is 18.7 Å². The smallest absolute Gasteiger partial charge is 0.243 e. The first-order chi connectivity index (χ1) is 12.9. The fourth-order valence-corrected chi connectivity index (χ4v) is 5.06. The van der Waals surface area contributed by atoms with Crippen LogP contribution in [0, 0.1) is 5.92 Å². The zero-order valence-corrected chi connectivity index (χ0v) is 17.1. The number of sulfonamides is 1. The molecule has 3 rings (SSSR count). The zero-order valence-electron chi connectivity index (χ0n) is 15.5. The molecule has 0 aliphatic carbocycles. The van der Waals surface area contributed by atoms with Crippen molar-refractivity contribution >= 4 is 32.3 Å². The molecule has 1 aromatic heterocycles. The third-order valence-corrected chi connectivity index (χ3v) is 7.66. The second-order valence-corrected chi connectivity index (χ2v) is 9.74.